The summed E-state index contributed by atoms with van der Waals surface area (Å²) in [6.45, 7) is 4.27. The third-order valence-electron chi connectivity index (χ3n) is 5.26. The second-order valence-corrected chi connectivity index (χ2v) is 7.91. The molecule has 172 valence electrons. The van der Waals surface area contributed by atoms with E-state index in [0.717, 1.165) is 36.8 Å². The van der Waals surface area contributed by atoms with Crippen LogP contribution >= 0.6 is 0 Å². The molecule has 1 N–H and O–H groups in total. The predicted octanol–water partition coefficient (Wildman–Crippen LogP) is 6.50. The molecule has 5 nitrogen and oxygen atoms in total. The van der Waals surface area contributed by atoms with Crippen LogP contribution in [0.1, 0.15) is 49.9 Å². The fraction of sp³-hybridized carbons (Fsp3) is 0.286. The van der Waals surface area contributed by atoms with Crippen LogP contribution in [0.5, 0.6) is 5.75 Å². The summed E-state index contributed by atoms with van der Waals surface area (Å²) in [5, 5.41) is 2.82. The summed E-state index contributed by atoms with van der Waals surface area (Å²) in [4.78, 5) is 24.6. The first-order valence-electron chi connectivity index (χ1n) is 11.5. The molecule has 0 aliphatic carbocycles. The highest BCUT2D eigenvalue weighted by Gasteiger charge is 2.15. The Morgan fingerprint density at radius 1 is 0.818 bits per heavy atom. The maximum absolute atomic E-state index is 12.5. The van der Waals surface area contributed by atoms with Crippen molar-refractivity contribution < 1.29 is 19.1 Å². The van der Waals surface area contributed by atoms with Crippen LogP contribution in [0.15, 0.2) is 78.9 Å². The minimum absolute atomic E-state index is 0.270. The van der Waals surface area contributed by atoms with Crippen LogP contribution in [-0.4, -0.2) is 24.6 Å². The molecule has 3 rings (SSSR count). The Bertz CT molecular complexity index is 1010. The molecule has 1 amide bonds. The molecule has 0 aromatic heterocycles. The highest BCUT2D eigenvalue weighted by Crippen LogP contribution is 2.23. The van der Waals surface area contributed by atoms with E-state index in [1.54, 1.807) is 31.2 Å². The number of rotatable bonds is 11. The molecule has 0 aliphatic rings. The average Bonchev–Trinajstić information content (AvgIpc) is 2.85. The van der Waals surface area contributed by atoms with Crippen LogP contribution in [0.25, 0.3) is 11.1 Å². The van der Waals surface area contributed by atoms with Crippen molar-refractivity contribution in [3.63, 3.8) is 0 Å². The van der Waals surface area contributed by atoms with E-state index in [4.69, 9.17) is 9.47 Å². The number of nitrogens with one attached hydrogen (secondary N) is 1. The molecule has 0 fully saturated rings. The lowest BCUT2D eigenvalue weighted by molar-refractivity contribution is -0.122. The molecule has 1 unspecified atom stereocenters. The summed E-state index contributed by atoms with van der Waals surface area (Å²) in [6, 6.07) is 24.4. The number of esters is 1. The summed E-state index contributed by atoms with van der Waals surface area (Å²) >= 11 is 0. The van der Waals surface area contributed by atoms with Gasteiger partial charge in [-0.05, 0) is 60.9 Å². The smallest absolute Gasteiger partial charge is 0.338 e. The first-order chi connectivity index (χ1) is 16.1. The van der Waals surface area contributed by atoms with E-state index in [0.29, 0.717) is 23.6 Å². The maximum atomic E-state index is 12.5. The number of anilines is 1. The highest BCUT2D eigenvalue weighted by molar-refractivity contribution is 5.95. The summed E-state index contributed by atoms with van der Waals surface area (Å²) < 4.78 is 11.1. The molecule has 0 radical (unpaired) electrons. The van der Waals surface area contributed by atoms with E-state index < -0.39 is 6.10 Å². The van der Waals surface area contributed by atoms with E-state index in [-0.39, 0.29) is 11.9 Å². The topological polar surface area (TPSA) is 64.6 Å². The number of benzene rings is 3. The molecule has 0 saturated carbocycles. The molecule has 3 aromatic carbocycles. The number of carbonyl (C=O) groups excluding carboxylic acids is 2. The fourth-order valence-electron chi connectivity index (χ4n) is 3.32. The molecule has 5 heteroatoms. The zero-order chi connectivity index (χ0) is 23.5. The van der Waals surface area contributed by atoms with Gasteiger partial charge in [0, 0.05) is 5.69 Å². The Morgan fingerprint density at radius 2 is 1.48 bits per heavy atom. The molecule has 3 aromatic rings. The van der Waals surface area contributed by atoms with Crippen molar-refractivity contribution in [2.45, 2.75) is 45.6 Å². The second-order valence-electron chi connectivity index (χ2n) is 7.91. The first-order valence-corrected chi connectivity index (χ1v) is 11.5. The number of amides is 1. The number of ether oxygens (including phenoxy) is 2. The van der Waals surface area contributed by atoms with Gasteiger partial charge in [-0.1, -0.05) is 68.7 Å². The van der Waals surface area contributed by atoms with E-state index in [1.807, 2.05) is 54.6 Å². The van der Waals surface area contributed by atoms with Gasteiger partial charge in [-0.25, -0.2) is 4.79 Å². The molecule has 0 bridgehead atoms. The van der Waals surface area contributed by atoms with Gasteiger partial charge in [0.05, 0.1) is 12.2 Å². The number of hydrogen-bond donors (Lipinski definition) is 1. The Hall–Kier alpha value is -3.60. The standard InChI is InChI=1S/C28H31NO4/c1-3-4-5-9-20-32-28(31)24-12-16-25(17-13-24)29-27(30)21(2)33-26-18-14-23(15-19-26)22-10-7-6-8-11-22/h6-8,10-19,21H,3-5,9,20H2,1-2H3,(H,29,30). The molecule has 33 heavy (non-hydrogen) atoms. The van der Waals surface area contributed by atoms with Crippen molar-refractivity contribution in [2.24, 2.45) is 0 Å². The summed E-state index contributed by atoms with van der Waals surface area (Å²) in [7, 11) is 0. The largest absolute Gasteiger partial charge is 0.481 e. The molecule has 0 aliphatic heterocycles. The molecule has 0 heterocycles. The molecule has 0 spiro atoms. The van der Waals surface area contributed by atoms with Crippen LogP contribution in [0, 0.1) is 0 Å². The van der Waals surface area contributed by atoms with Crippen molar-refractivity contribution >= 4 is 17.6 Å². The van der Waals surface area contributed by atoms with Crippen LogP contribution in [0.3, 0.4) is 0 Å². The lowest BCUT2D eigenvalue weighted by Gasteiger charge is -2.15. The van der Waals surface area contributed by atoms with Crippen molar-refractivity contribution in [1.82, 2.24) is 0 Å². The van der Waals surface area contributed by atoms with Gasteiger partial charge in [-0.15, -0.1) is 0 Å². The van der Waals surface area contributed by atoms with E-state index in [9.17, 15) is 9.59 Å². The van der Waals surface area contributed by atoms with Crippen molar-refractivity contribution in [3.8, 4) is 16.9 Å². The SMILES string of the molecule is CCCCCCOC(=O)c1ccc(NC(=O)C(C)Oc2ccc(-c3ccccc3)cc2)cc1. The number of carbonyl (C=O) groups is 2. The highest BCUT2D eigenvalue weighted by atomic mass is 16.5. The molecular weight excluding hydrogens is 414 g/mol. The van der Waals surface area contributed by atoms with Gasteiger partial charge in [0.1, 0.15) is 5.75 Å². The van der Waals surface area contributed by atoms with Gasteiger partial charge in [-0.3, -0.25) is 4.79 Å². The van der Waals surface area contributed by atoms with Crippen molar-refractivity contribution in [1.29, 1.82) is 0 Å². The quantitative estimate of drug-likeness (QED) is 0.270. The molecular formula is C28H31NO4. The molecule has 0 saturated heterocycles. The van der Waals surface area contributed by atoms with Crippen LogP contribution < -0.4 is 10.1 Å². The Balaban J connectivity index is 1.47. The minimum atomic E-state index is -0.680. The number of hydrogen-bond acceptors (Lipinski definition) is 4. The van der Waals surface area contributed by atoms with Gasteiger partial charge in [0.2, 0.25) is 0 Å². The van der Waals surface area contributed by atoms with Gasteiger partial charge >= 0.3 is 5.97 Å². The predicted molar refractivity (Wildman–Crippen MR) is 131 cm³/mol. The van der Waals surface area contributed by atoms with Gasteiger partial charge in [0.15, 0.2) is 6.10 Å². The average molecular weight is 446 g/mol. The van der Waals surface area contributed by atoms with Crippen molar-refractivity contribution in [2.75, 3.05) is 11.9 Å². The van der Waals surface area contributed by atoms with Crippen LogP contribution in [0.2, 0.25) is 0 Å². The van der Waals surface area contributed by atoms with Crippen molar-refractivity contribution in [3.05, 3.63) is 84.4 Å². The van der Waals surface area contributed by atoms with E-state index >= 15 is 0 Å². The minimum Gasteiger partial charge on any atom is -0.481 e. The van der Waals surface area contributed by atoms with Gasteiger partial charge < -0.3 is 14.8 Å². The molecule has 1 atom stereocenters. The zero-order valence-electron chi connectivity index (χ0n) is 19.3. The van der Waals surface area contributed by atoms with Crippen LogP contribution in [-0.2, 0) is 9.53 Å². The maximum Gasteiger partial charge on any atom is 0.338 e. The monoisotopic (exact) mass is 445 g/mol. The lowest BCUT2D eigenvalue weighted by atomic mass is 10.1. The Labute approximate surface area is 195 Å². The Morgan fingerprint density at radius 3 is 2.15 bits per heavy atom. The summed E-state index contributed by atoms with van der Waals surface area (Å²) in [5.41, 5.74) is 3.26. The zero-order valence-corrected chi connectivity index (χ0v) is 19.3. The summed E-state index contributed by atoms with van der Waals surface area (Å²) in [5.74, 6) is 0.00257. The third kappa shape index (κ3) is 7.49. The van der Waals surface area contributed by atoms with E-state index in [2.05, 4.69) is 12.2 Å². The lowest BCUT2D eigenvalue weighted by Crippen LogP contribution is -2.30. The third-order valence-corrected chi connectivity index (χ3v) is 5.26. The van der Waals surface area contributed by atoms with E-state index in [1.165, 1.54) is 0 Å². The van der Waals surface area contributed by atoms with Gasteiger partial charge in [-0.2, -0.15) is 0 Å². The fourth-order valence-corrected chi connectivity index (χ4v) is 3.32. The van der Waals surface area contributed by atoms with Crippen LogP contribution in [0.4, 0.5) is 5.69 Å². The van der Waals surface area contributed by atoms with Gasteiger partial charge in [0.25, 0.3) is 5.91 Å². The number of unbranched alkanes of at least 4 members (excludes halogenated alkanes) is 3. The first kappa shape index (κ1) is 24.1. The Kier molecular flexibility index (Phi) is 9.07. The second kappa shape index (κ2) is 12.4. The normalized spacial score (nSPS) is 11.5. The summed E-state index contributed by atoms with van der Waals surface area (Å²) in [6.07, 6.45) is 3.55.